The number of aromatic nitrogens is 1. The molecule has 96 valence electrons. The van der Waals surface area contributed by atoms with Gasteiger partial charge in [0.15, 0.2) is 0 Å². The van der Waals surface area contributed by atoms with Crippen LogP contribution in [-0.2, 0) is 6.54 Å². The van der Waals surface area contributed by atoms with E-state index in [1.165, 1.54) is 17.4 Å². The molecule has 18 heavy (non-hydrogen) atoms. The Morgan fingerprint density at radius 2 is 2.00 bits per heavy atom. The van der Waals surface area contributed by atoms with Crippen LogP contribution in [0.3, 0.4) is 0 Å². The molecule has 0 aliphatic rings. The van der Waals surface area contributed by atoms with Gasteiger partial charge < -0.3 is 10.6 Å². The predicted octanol–water partition coefficient (Wildman–Crippen LogP) is 2.32. The smallest absolute Gasteiger partial charge is 0.0702 e. The normalized spacial score (nSPS) is 10.9. The summed E-state index contributed by atoms with van der Waals surface area (Å²) in [6.07, 6.45) is 3.00. The fourth-order valence-corrected chi connectivity index (χ4v) is 1.98. The fourth-order valence-electron chi connectivity index (χ4n) is 1.98. The molecule has 2 N–H and O–H groups in total. The zero-order valence-electron chi connectivity index (χ0n) is 10.9. The maximum Gasteiger partial charge on any atom is 0.0702 e. The highest BCUT2D eigenvalue weighted by molar-refractivity contribution is 5.78. The van der Waals surface area contributed by atoms with Gasteiger partial charge in [-0.05, 0) is 49.8 Å². The zero-order valence-corrected chi connectivity index (χ0v) is 10.9. The average molecular weight is 243 g/mol. The van der Waals surface area contributed by atoms with Gasteiger partial charge in [-0.15, -0.1) is 0 Å². The van der Waals surface area contributed by atoms with Crippen LogP contribution in [0.5, 0.6) is 0 Å². The lowest BCUT2D eigenvalue weighted by molar-refractivity contribution is 0.606. The molecular weight excluding hydrogens is 222 g/mol. The minimum Gasteiger partial charge on any atom is -0.317 e. The predicted molar refractivity (Wildman–Crippen MR) is 76.6 cm³/mol. The number of hydrogen-bond donors (Lipinski definition) is 2. The third-order valence-corrected chi connectivity index (χ3v) is 2.95. The lowest BCUT2D eigenvalue weighted by Gasteiger charge is -2.06. The van der Waals surface area contributed by atoms with E-state index in [1.807, 2.05) is 12.3 Å². The van der Waals surface area contributed by atoms with Gasteiger partial charge in [-0.25, -0.2) is 0 Å². The van der Waals surface area contributed by atoms with Crippen LogP contribution >= 0.6 is 0 Å². The molecule has 0 amide bonds. The topological polar surface area (TPSA) is 37.0 Å². The van der Waals surface area contributed by atoms with Crippen molar-refractivity contribution in [2.24, 2.45) is 0 Å². The van der Waals surface area contributed by atoms with Crippen LogP contribution in [0.1, 0.15) is 18.9 Å². The van der Waals surface area contributed by atoms with Crippen LogP contribution in [-0.4, -0.2) is 24.6 Å². The molecule has 0 aliphatic heterocycles. The van der Waals surface area contributed by atoms with Gasteiger partial charge in [0.1, 0.15) is 0 Å². The number of nitrogens with zero attached hydrogens (tertiary/aromatic N) is 1. The van der Waals surface area contributed by atoms with E-state index in [9.17, 15) is 0 Å². The summed E-state index contributed by atoms with van der Waals surface area (Å²) in [4.78, 5) is 4.32. The van der Waals surface area contributed by atoms with Gasteiger partial charge in [-0.2, -0.15) is 0 Å². The summed E-state index contributed by atoms with van der Waals surface area (Å²) in [5.41, 5.74) is 2.38. The van der Waals surface area contributed by atoms with Crippen LogP contribution in [0, 0.1) is 0 Å². The Hall–Kier alpha value is -1.45. The van der Waals surface area contributed by atoms with Crippen molar-refractivity contribution in [2.75, 3.05) is 19.6 Å². The van der Waals surface area contributed by atoms with Gasteiger partial charge in [0.05, 0.1) is 5.52 Å². The maximum absolute atomic E-state index is 4.32. The SMILES string of the molecule is CCNCCCNCc1ccc2ncccc2c1. The number of hydrogen-bond acceptors (Lipinski definition) is 3. The average Bonchev–Trinajstić information content (AvgIpc) is 2.42. The number of rotatable bonds is 7. The minimum atomic E-state index is 0.928. The van der Waals surface area contributed by atoms with Crippen molar-refractivity contribution in [3.05, 3.63) is 42.1 Å². The molecule has 1 heterocycles. The van der Waals surface area contributed by atoms with Crippen molar-refractivity contribution in [3.8, 4) is 0 Å². The van der Waals surface area contributed by atoms with E-state index in [0.717, 1.165) is 31.7 Å². The number of pyridine rings is 1. The molecule has 3 nitrogen and oxygen atoms in total. The van der Waals surface area contributed by atoms with Crippen LogP contribution in [0.2, 0.25) is 0 Å². The Bertz CT molecular complexity index is 482. The first-order valence-electron chi connectivity index (χ1n) is 6.65. The van der Waals surface area contributed by atoms with Gasteiger partial charge in [0.2, 0.25) is 0 Å². The quantitative estimate of drug-likeness (QED) is 0.733. The molecule has 0 fully saturated rings. The summed E-state index contributed by atoms with van der Waals surface area (Å²) in [5.74, 6) is 0. The summed E-state index contributed by atoms with van der Waals surface area (Å²) < 4.78 is 0. The zero-order chi connectivity index (χ0) is 12.6. The fraction of sp³-hybridized carbons (Fsp3) is 0.400. The summed E-state index contributed by atoms with van der Waals surface area (Å²) >= 11 is 0. The molecule has 2 rings (SSSR count). The van der Waals surface area contributed by atoms with E-state index in [4.69, 9.17) is 0 Å². The minimum absolute atomic E-state index is 0.928. The van der Waals surface area contributed by atoms with Gasteiger partial charge in [-0.1, -0.05) is 19.1 Å². The molecule has 0 saturated carbocycles. The molecule has 0 unspecified atom stereocenters. The van der Waals surface area contributed by atoms with Crippen molar-refractivity contribution in [1.29, 1.82) is 0 Å². The molecule has 2 aromatic rings. The van der Waals surface area contributed by atoms with Gasteiger partial charge in [0.25, 0.3) is 0 Å². The summed E-state index contributed by atoms with van der Waals surface area (Å²) in [6, 6.07) is 10.5. The van der Waals surface area contributed by atoms with E-state index in [-0.39, 0.29) is 0 Å². The number of nitrogens with one attached hydrogen (secondary N) is 2. The third kappa shape index (κ3) is 3.79. The Kier molecular flexibility index (Phi) is 5.12. The lowest BCUT2D eigenvalue weighted by Crippen LogP contribution is -2.21. The second-order valence-electron chi connectivity index (χ2n) is 4.41. The summed E-state index contributed by atoms with van der Waals surface area (Å²) in [6.45, 7) is 6.26. The highest BCUT2D eigenvalue weighted by Crippen LogP contribution is 2.12. The lowest BCUT2D eigenvalue weighted by atomic mass is 10.1. The van der Waals surface area contributed by atoms with Crippen molar-refractivity contribution < 1.29 is 0 Å². The summed E-state index contributed by atoms with van der Waals surface area (Å²) in [5, 5.41) is 8.00. The first kappa shape index (κ1) is 13.0. The second-order valence-corrected chi connectivity index (χ2v) is 4.41. The molecule has 0 saturated heterocycles. The molecule has 3 heteroatoms. The molecular formula is C15H21N3. The molecule has 0 atom stereocenters. The largest absolute Gasteiger partial charge is 0.317 e. The van der Waals surface area contributed by atoms with Gasteiger partial charge in [0, 0.05) is 18.1 Å². The van der Waals surface area contributed by atoms with Gasteiger partial charge >= 0.3 is 0 Å². The van der Waals surface area contributed by atoms with Crippen molar-refractivity contribution in [3.63, 3.8) is 0 Å². The Labute approximate surface area is 109 Å². The first-order chi connectivity index (χ1) is 8.90. The van der Waals surface area contributed by atoms with Crippen LogP contribution < -0.4 is 10.6 Å². The standard InChI is InChI=1S/C15H21N3/c1-2-16-8-4-9-17-12-13-6-7-15-14(11-13)5-3-10-18-15/h3,5-7,10-11,16-17H,2,4,8-9,12H2,1H3. The highest BCUT2D eigenvalue weighted by atomic mass is 14.9. The molecule has 0 spiro atoms. The molecule has 0 aliphatic carbocycles. The van der Waals surface area contributed by atoms with Gasteiger partial charge in [-0.3, -0.25) is 4.98 Å². The second kappa shape index (κ2) is 7.09. The van der Waals surface area contributed by atoms with E-state index in [2.05, 4.69) is 46.8 Å². The van der Waals surface area contributed by atoms with Crippen LogP contribution in [0.25, 0.3) is 10.9 Å². The van der Waals surface area contributed by atoms with Crippen LogP contribution in [0.15, 0.2) is 36.5 Å². The van der Waals surface area contributed by atoms with E-state index in [0.29, 0.717) is 0 Å². The molecule has 0 bridgehead atoms. The molecule has 1 aromatic carbocycles. The number of fused-ring (bicyclic) bond motifs is 1. The highest BCUT2D eigenvalue weighted by Gasteiger charge is 1.96. The molecule has 1 aromatic heterocycles. The van der Waals surface area contributed by atoms with Crippen LogP contribution in [0.4, 0.5) is 0 Å². The number of benzene rings is 1. The third-order valence-electron chi connectivity index (χ3n) is 2.95. The van der Waals surface area contributed by atoms with E-state index in [1.54, 1.807) is 0 Å². The monoisotopic (exact) mass is 243 g/mol. The summed E-state index contributed by atoms with van der Waals surface area (Å²) in [7, 11) is 0. The van der Waals surface area contributed by atoms with Crippen molar-refractivity contribution in [2.45, 2.75) is 19.9 Å². The van der Waals surface area contributed by atoms with Crippen molar-refractivity contribution >= 4 is 10.9 Å². The Balaban J connectivity index is 1.81. The molecule has 0 radical (unpaired) electrons. The van der Waals surface area contributed by atoms with Crippen molar-refractivity contribution in [1.82, 2.24) is 15.6 Å². The Morgan fingerprint density at radius 1 is 1.11 bits per heavy atom. The Morgan fingerprint density at radius 3 is 2.89 bits per heavy atom. The van der Waals surface area contributed by atoms with E-state index >= 15 is 0 Å². The maximum atomic E-state index is 4.32. The van der Waals surface area contributed by atoms with E-state index < -0.39 is 0 Å². The first-order valence-corrected chi connectivity index (χ1v) is 6.65.